The highest BCUT2D eigenvalue weighted by Crippen LogP contribution is 2.27. The molecule has 0 aliphatic rings. The van der Waals surface area contributed by atoms with E-state index in [1.807, 2.05) is 13.8 Å². The van der Waals surface area contributed by atoms with E-state index in [9.17, 15) is 8.78 Å². The van der Waals surface area contributed by atoms with Gasteiger partial charge in [-0.15, -0.1) is 0 Å². The molecule has 17 heavy (non-hydrogen) atoms. The Morgan fingerprint density at radius 3 is 2.24 bits per heavy atom. The number of anilines is 2. The molecule has 0 amide bonds. The van der Waals surface area contributed by atoms with Gasteiger partial charge in [0.2, 0.25) is 0 Å². The fourth-order valence-corrected chi connectivity index (χ4v) is 1.68. The van der Waals surface area contributed by atoms with Crippen molar-refractivity contribution < 1.29 is 13.5 Å². The highest BCUT2D eigenvalue weighted by atomic mass is 19.1. The Hall–Kier alpha value is -1.36. The summed E-state index contributed by atoms with van der Waals surface area (Å²) in [6.07, 6.45) is 0. The van der Waals surface area contributed by atoms with Crippen molar-refractivity contribution in [3.8, 4) is 0 Å². The van der Waals surface area contributed by atoms with Crippen LogP contribution in [0.1, 0.15) is 13.8 Å². The molecule has 0 spiro atoms. The first-order valence-electron chi connectivity index (χ1n) is 5.47. The molecule has 2 N–H and O–H groups in total. The van der Waals surface area contributed by atoms with E-state index in [1.165, 1.54) is 0 Å². The van der Waals surface area contributed by atoms with E-state index in [0.29, 0.717) is 13.2 Å². The van der Waals surface area contributed by atoms with Gasteiger partial charge in [-0.3, -0.25) is 0 Å². The first-order valence-corrected chi connectivity index (χ1v) is 5.47. The average molecular weight is 244 g/mol. The predicted molar refractivity (Wildman–Crippen MR) is 65.1 cm³/mol. The van der Waals surface area contributed by atoms with Crippen molar-refractivity contribution in [2.24, 2.45) is 0 Å². The van der Waals surface area contributed by atoms with Gasteiger partial charge < -0.3 is 15.4 Å². The third kappa shape index (κ3) is 3.30. The Morgan fingerprint density at radius 2 is 1.82 bits per heavy atom. The molecule has 0 saturated carbocycles. The van der Waals surface area contributed by atoms with Crippen molar-refractivity contribution in [3.63, 3.8) is 0 Å². The van der Waals surface area contributed by atoms with Gasteiger partial charge in [-0.05, 0) is 26.0 Å². The van der Waals surface area contributed by atoms with E-state index in [4.69, 9.17) is 10.5 Å². The lowest BCUT2D eigenvalue weighted by molar-refractivity contribution is 0.203. The molecule has 0 atom stereocenters. The summed E-state index contributed by atoms with van der Waals surface area (Å²) in [5.74, 6) is -1.29. The number of hydrogen-bond donors (Lipinski definition) is 1. The van der Waals surface area contributed by atoms with Crippen molar-refractivity contribution in [1.29, 1.82) is 0 Å². The molecule has 0 aromatic heterocycles. The number of halogens is 2. The maximum atomic E-state index is 13.7. The summed E-state index contributed by atoms with van der Waals surface area (Å²) in [6, 6.07) is 2.22. The molecular formula is C12H18F2N2O. The number of nitrogen functional groups attached to an aromatic ring is 1. The Kier molecular flexibility index (Phi) is 4.69. The summed E-state index contributed by atoms with van der Waals surface area (Å²) in [5.41, 5.74) is 5.41. The lowest BCUT2D eigenvalue weighted by atomic mass is 10.2. The van der Waals surface area contributed by atoms with Crippen LogP contribution in [-0.4, -0.2) is 26.3 Å². The number of methoxy groups -OCH3 is 1. The molecule has 0 bridgehead atoms. The zero-order valence-corrected chi connectivity index (χ0v) is 10.3. The van der Waals surface area contributed by atoms with Crippen molar-refractivity contribution in [2.75, 3.05) is 30.9 Å². The minimum absolute atomic E-state index is 0.0298. The number of nitrogens with two attached hydrogens (primary N) is 1. The molecule has 96 valence electrons. The molecule has 0 heterocycles. The summed E-state index contributed by atoms with van der Waals surface area (Å²) in [4.78, 5) is 1.62. The lowest BCUT2D eigenvalue weighted by Crippen LogP contribution is -2.35. The summed E-state index contributed by atoms with van der Waals surface area (Å²) in [5, 5.41) is 0. The Bertz CT molecular complexity index is 360. The van der Waals surface area contributed by atoms with Crippen LogP contribution in [0.2, 0.25) is 0 Å². The summed E-state index contributed by atoms with van der Waals surface area (Å²) >= 11 is 0. The fourth-order valence-electron chi connectivity index (χ4n) is 1.68. The molecule has 0 radical (unpaired) electrons. The Balaban J connectivity index is 3.09. The van der Waals surface area contributed by atoms with E-state index >= 15 is 0 Å². The molecule has 0 aliphatic carbocycles. The molecule has 1 aromatic carbocycles. The van der Waals surface area contributed by atoms with Crippen LogP contribution in [0.25, 0.3) is 0 Å². The number of ether oxygens (including phenoxy) is 1. The molecule has 5 heteroatoms. The van der Waals surface area contributed by atoms with E-state index in [0.717, 1.165) is 12.1 Å². The smallest absolute Gasteiger partial charge is 0.151 e. The van der Waals surface area contributed by atoms with Crippen molar-refractivity contribution >= 4 is 11.4 Å². The average Bonchev–Trinajstić information content (AvgIpc) is 2.20. The van der Waals surface area contributed by atoms with E-state index < -0.39 is 11.6 Å². The zero-order valence-electron chi connectivity index (χ0n) is 10.3. The predicted octanol–water partition coefficient (Wildman–Crippen LogP) is 2.41. The van der Waals surface area contributed by atoms with Crippen LogP contribution in [-0.2, 0) is 4.74 Å². The quantitative estimate of drug-likeness (QED) is 0.808. The minimum atomic E-state index is -0.646. The number of rotatable bonds is 5. The first kappa shape index (κ1) is 13.7. The third-order valence-electron chi connectivity index (χ3n) is 2.49. The van der Waals surface area contributed by atoms with Crippen molar-refractivity contribution in [1.82, 2.24) is 0 Å². The van der Waals surface area contributed by atoms with Crippen LogP contribution in [0.15, 0.2) is 12.1 Å². The second-order valence-corrected chi connectivity index (χ2v) is 4.11. The Morgan fingerprint density at radius 1 is 1.29 bits per heavy atom. The van der Waals surface area contributed by atoms with Crippen LogP contribution >= 0.6 is 0 Å². The molecule has 1 aromatic rings. The lowest BCUT2D eigenvalue weighted by Gasteiger charge is -2.29. The van der Waals surface area contributed by atoms with Crippen LogP contribution in [0.5, 0.6) is 0 Å². The van der Waals surface area contributed by atoms with Crippen LogP contribution < -0.4 is 10.6 Å². The molecular weight excluding hydrogens is 226 g/mol. The number of hydrogen-bond acceptors (Lipinski definition) is 3. The fraction of sp³-hybridized carbons (Fsp3) is 0.500. The van der Waals surface area contributed by atoms with Crippen LogP contribution in [0.3, 0.4) is 0 Å². The maximum absolute atomic E-state index is 13.7. The second kappa shape index (κ2) is 5.82. The molecule has 0 saturated heterocycles. The first-order chi connectivity index (χ1) is 7.97. The monoisotopic (exact) mass is 244 g/mol. The molecule has 1 rings (SSSR count). The van der Waals surface area contributed by atoms with Gasteiger partial charge in [0.05, 0.1) is 6.61 Å². The van der Waals surface area contributed by atoms with Gasteiger partial charge in [0.15, 0.2) is 11.6 Å². The standard InChI is InChI=1S/C12H18F2N2O/c1-8(2)16(4-5-17-3)12-10(13)6-9(15)7-11(12)14/h6-8H,4-5,15H2,1-3H3. The van der Waals surface area contributed by atoms with Gasteiger partial charge in [-0.2, -0.15) is 0 Å². The van der Waals surface area contributed by atoms with Gasteiger partial charge in [-0.25, -0.2) is 8.78 Å². The van der Waals surface area contributed by atoms with E-state index in [1.54, 1.807) is 12.0 Å². The second-order valence-electron chi connectivity index (χ2n) is 4.11. The third-order valence-corrected chi connectivity index (χ3v) is 2.49. The SMILES string of the molecule is COCCN(c1c(F)cc(N)cc1F)C(C)C. The summed E-state index contributed by atoms with van der Waals surface area (Å²) in [7, 11) is 1.55. The minimum Gasteiger partial charge on any atom is -0.399 e. The van der Waals surface area contributed by atoms with Crippen LogP contribution in [0.4, 0.5) is 20.2 Å². The number of nitrogens with zero attached hydrogens (tertiary/aromatic N) is 1. The van der Waals surface area contributed by atoms with Crippen molar-refractivity contribution in [2.45, 2.75) is 19.9 Å². The number of benzene rings is 1. The topological polar surface area (TPSA) is 38.5 Å². The van der Waals surface area contributed by atoms with Crippen molar-refractivity contribution in [3.05, 3.63) is 23.8 Å². The van der Waals surface area contributed by atoms with Gasteiger partial charge in [-0.1, -0.05) is 0 Å². The molecule has 0 unspecified atom stereocenters. The van der Waals surface area contributed by atoms with Crippen LogP contribution in [0, 0.1) is 11.6 Å². The highest BCUT2D eigenvalue weighted by molar-refractivity contribution is 5.56. The molecule has 3 nitrogen and oxygen atoms in total. The normalized spacial score (nSPS) is 10.9. The summed E-state index contributed by atoms with van der Waals surface area (Å²) < 4.78 is 32.4. The van der Waals surface area contributed by atoms with Gasteiger partial charge in [0, 0.05) is 25.4 Å². The van der Waals surface area contributed by atoms with Gasteiger partial charge >= 0.3 is 0 Å². The van der Waals surface area contributed by atoms with Gasteiger partial charge in [0.1, 0.15) is 5.69 Å². The maximum Gasteiger partial charge on any atom is 0.151 e. The molecule has 0 aliphatic heterocycles. The largest absolute Gasteiger partial charge is 0.399 e. The molecule has 0 fully saturated rings. The van der Waals surface area contributed by atoms with Gasteiger partial charge in [0.25, 0.3) is 0 Å². The van der Waals surface area contributed by atoms with E-state index in [-0.39, 0.29) is 17.4 Å². The zero-order chi connectivity index (χ0) is 13.0. The van der Waals surface area contributed by atoms with E-state index in [2.05, 4.69) is 0 Å². The summed E-state index contributed by atoms with van der Waals surface area (Å²) in [6.45, 7) is 4.56. The Labute approximate surface area is 100 Å². The highest BCUT2D eigenvalue weighted by Gasteiger charge is 2.19.